The number of likely N-dealkylation sites (tertiary alicyclic amines) is 1. The lowest BCUT2D eigenvalue weighted by atomic mass is 9.89. The summed E-state index contributed by atoms with van der Waals surface area (Å²) < 4.78 is 19.4. The zero-order chi connectivity index (χ0) is 19.5. The molecule has 0 radical (unpaired) electrons. The molecule has 1 aliphatic heterocycles. The smallest absolute Gasteiger partial charge is 0.251 e. The van der Waals surface area contributed by atoms with Crippen molar-refractivity contribution >= 4 is 16.8 Å². The summed E-state index contributed by atoms with van der Waals surface area (Å²) >= 11 is 0. The SMILES string of the molecule is CC(OCc1ccncc1)C(=O)N1CCC(c2c[nH]c3ccc(F)cc23)CC1. The number of ether oxygens (including phenoxy) is 1. The molecule has 1 fully saturated rings. The Morgan fingerprint density at radius 1 is 1.29 bits per heavy atom. The van der Waals surface area contributed by atoms with E-state index in [1.807, 2.05) is 23.2 Å². The van der Waals surface area contributed by atoms with Gasteiger partial charge in [0.25, 0.3) is 5.91 Å². The number of benzene rings is 1. The van der Waals surface area contributed by atoms with Crippen LogP contribution in [0.4, 0.5) is 4.39 Å². The molecule has 1 unspecified atom stereocenters. The number of piperidine rings is 1. The molecule has 28 heavy (non-hydrogen) atoms. The summed E-state index contributed by atoms with van der Waals surface area (Å²) in [6, 6.07) is 8.60. The maximum absolute atomic E-state index is 13.6. The van der Waals surface area contributed by atoms with E-state index in [1.54, 1.807) is 31.5 Å². The summed E-state index contributed by atoms with van der Waals surface area (Å²) in [5.41, 5.74) is 3.09. The van der Waals surface area contributed by atoms with Gasteiger partial charge in [-0.15, -0.1) is 0 Å². The Balaban J connectivity index is 1.34. The number of hydrogen-bond donors (Lipinski definition) is 1. The zero-order valence-electron chi connectivity index (χ0n) is 15.9. The van der Waals surface area contributed by atoms with Gasteiger partial charge in [-0.1, -0.05) is 0 Å². The van der Waals surface area contributed by atoms with Gasteiger partial charge < -0.3 is 14.6 Å². The number of nitrogens with one attached hydrogen (secondary N) is 1. The normalized spacial score (nSPS) is 16.4. The van der Waals surface area contributed by atoms with E-state index >= 15 is 0 Å². The summed E-state index contributed by atoms with van der Waals surface area (Å²) in [7, 11) is 0. The first-order chi connectivity index (χ1) is 13.6. The molecule has 1 amide bonds. The number of rotatable bonds is 5. The highest BCUT2D eigenvalue weighted by Crippen LogP contribution is 2.33. The van der Waals surface area contributed by atoms with Crippen molar-refractivity contribution in [3.63, 3.8) is 0 Å². The van der Waals surface area contributed by atoms with Crippen LogP contribution in [0.2, 0.25) is 0 Å². The van der Waals surface area contributed by atoms with Crippen molar-refractivity contribution in [3.8, 4) is 0 Å². The predicted molar refractivity (Wildman–Crippen MR) is 105 cm³/mol. The fourth-order valence-electron chi connectivity index (χ4n) is 3.89. The van der Waals surface area contributed by atoms with Crippen molar-refractivity contribution in [2.75, 3.05) is 13.1 Å². The van der Waals surface area contributed by atoms with E-state index in [4.69, 9.17) is 4.74 Å². The highest BCUT2D eigenvalue weighted by atomic mass is 19.1. The minimum atomic E-state index is -0.480. The quantitative estimate of drug-likeness (QED) is 0.726. The Hall–Kier alpha value is -2.73. The molecule has 0 aliphatic carbocycles. The fraction of sp³-hybridized carbons (Fsp3) is 0.364. The Labute approximate surface area is 163 Å². The molecule has 2 aromatic heterocycles. The topological polar surface area (TPSA) is 58.2 Å². The van der Waals surface area contributed by atoms with Crippen LogP contribution in [-0.4, -0.2) is 40.0 Å². The van der Waals surface area contributed by atoms with Gasteiger partial charge in [-0.25, -0.2) is 4.39 Å². The largest absolute Gasteiger partial charge is 0.364 e. The lowest BCUT2D eigenvalue weighted by Gasteiger charge is -2.33. The van der Waals surface area contributed by atoms with Crippen LogP contribution in [0.5, 0.6) is 0 Å². The zero-order valence-corrected chi connectivity index (χ0v) is 15.9. The molecule has 0 saturated carbocycles. The minimum Gasteiger partial charge on any atom is -0.364 e. The number of hydrogen-bond acceptors (Lipinski definition) is 3. The Kier molecular flexibility index (Phi) is 5.39. The van der Waals surface area contributed by atoms with Gasteiger partial charge >= 0.3 is 0 Å². The number of carbonyl (C=O) groups is 1. The average molecular weight is 381 g/mol. The first kappa shape index (κ1) is 18.6. The predicted octanol–water partition coefficient (Wildman–Crippen LogP) is 4.01. The Morgan fingerprint density at radius 3 is 2.79 bits per heavy atom. The third-order valence-corrected chi connectivity index (χ3v) is 5.52. The van der Waals surface area contributed by atoms with E-state index in [-0.39, 0.29) is 11.7 Å². The second-order valence-electron chi connectivity index (χ2n) is 7.34. The molecule has 5 nitrogen and oxygen atoms in total. The van der Waals surface area contributed by atoms with Crippen molar-refractivity contribution in [2.45, 2.75) is 38.4 Å². The fourth-order valence-corrected chi connectivity index (χ4v) is 3.89. The highest BCUT2D eigenvalue weighted by Gasteiger charge is 2.28. The number of aromatic amines is 1. The molecule has 0 bridgehead atoms. The van der Waals surface area contributed by atoms with Gasteiger partial charge in [-0.3, -0.25) is 9.78 Å². The summed E-state index contributed by atoms with van der Waals surface area (Å²) in [6.45, 7) is 3.58. The molecule has 3 heterocycles. The van der Waals surface area contributed by atoms with Crippen LogP contribution in [0.25, 0.3) is 10.9 Å². The lowest BCUT2D eigenvalue weighted by Crippen LogP contribution is -2.43. The van der Waals surface area contributed by atoms with Crippen molar-refractivity contribution in [1.29, 1.82) is 0 Å². The number of fused-ring (bicyclic) bond motifs is 1. The molecule has 1 atom stereocenters. The molecule has 6 heteroatoms. The van der Waals surface area contributed by atoms with Gasteiger partial charge in [0, 0.05) is 42.6 Å². The molecule has 1 N–H and O–H groups in total. The monoisotopic (exact) mass is 381 g/mol. The lowest BCUT2D eigenvalue weighted by molar-refractivity contribution is -0.144. The van der Waals surface area contributed by atoms with E-state index in [2.05, 4.69) is 9.97 Å². The maximum atomic E-state index is 13.6. The maximum Gasteiger partial charge on any atom is 0.251 e. The van der Waals surface area contributed by atoms with Crippen LogP contribution in [0.15, 0.2) is 48.9 Å². The molecule has 0 spiro atoms. The number of halogens is 1. The highest BCUT2D eigenvalue weighted by molar-refractivity contribution is 5.84. The first-order valence-electron chi connectivity index (χ1n) is 9.67. The third-order valence-electron chi connectivity index (χ3n) is 5.52. The van der Waals surface area contributed by atoms with E-state index in [0.29, 0.717) is 25.6 Å². The van der Waals surface area contributed by atoms with Crippen LogP contribution >= 0.6 is 0 Å². The van der Waals surface area contributed by atoms with Gasteiger partial charge in [0.1, 0.15) is 11.9 Å². The van der Waals surface area contributed by atoms with Crippen LogP contribution in [0.1, 0.15) is 36.8 Å². The second-order valence-corrected chi connectivity index (χ2v) is 7.34. The summed E-state index contributed by atoms with van der Waals surface area (Å²) in [4.78, 5) is 21.8. The number of amides is 1. The van der Waals surface area contributed by atoms with E-state index in [1.165, 1.54) is 6.07 Å². The second kappa shape index (κ2) is 8.10. The molecular weight excluding hydrogens is 357 g/mol. The summed E-state index contributed by atoms with van der Waals surface area (Å²) in [6.07, 6.45) is 6.66. The van der Waals surface area contributed by atoms with Crippen LogP contribution in [0, 0.1) is 5.82 Å². The standard InChI is InChI=1S/C22H24FN3O2/c1-15(28-14-16-4-8-24-9-5-16)22(27)26-10-6-17(7-11-26)20-13-25-21-3-2-18(23)12-19(20)21/h2-5,8-9,12-13,15,17,25H,6-7,10-11,14H2,1H3. The van der Waals surface area contributed by atoms with E-state index < -0.39 is 6.10 Å². The van der Waals surface area contributed by atoms with Gasteiger partial charge in [-0.2, -0.15) is 0 Å². The van der Waals surface area contributed by atoms with Crippen molar-refractivity contribution < 1.29 is 13.9 Å². The van der Waals surface area contributed by atoms with Gasteiger partial charge in [0.05, 0.1) is 6.61 Å². The van der Waals surface area contributed by atoms with Crippen LogP contribution in [0.3, 0.4) is 0 Å². The van der Waals surface area contributed by atoms with Gasteiger partial charge in [-0.05, 0) is 67.1 Å². The number of H-pyrrole nitrogens is 1. The Morgan fingerprint density at radius 2 is 2.04 bits per heavy atom. The third kappa shape index (κ3) is 3.92. The van der Waals surface area contributed by atoms with Crippen LogP contribution < -0.4 is 0 Å². The molecule has 1 saturated heterocycles. The van der Waals surface area contributed by atoms with Crippen molar-refractivity contribution in [1.82, 2.24) is 14.9 Å². The number of carbonyl (C=O) groups excluding carboxylic acids is 1. The Bertz CT molecular complexity index is 949. The molecule has 3 aromatic rings. The molecule has 1 aromatic carbocycles. The number of pyridine rings is 1. The van der Waals surface area contributed by atoms with Gasteiger partial charge in [0.2, 0.25) is 0 Å². The number of aromatic nitrogens is 2. The minimum absolute atomic E-state index is 0.0254. The van der Waals surface area contributed by atoms with Gasteiger partial charge in [0.15, 0.2) is 0 Å². The molecule has 146 valence electrons. The number of nitrogens with zero attached hydrogens (tertiary/aromatic N) is 2. The molecule has 4 rings (SSSR count). The summed E-state index contributed by atoms with van der Waals surface area (Å²) in [5.74, 6) is 0.131. The molecular formula is C22H24FN3O2. The van der Waals surface area contributed by atoms with E-state index in [0.717, 1.165) is 34.9 Å². The van der Waals surface area contributed by atoms with Crippen molar-refractivity contribution in [2.24, 2.45) is 0 Å². The van der Waals surface area contributed by atoms with Crippen LogP contribution in [-0.2, 0) is 16.1 Å². The molecule has 1 aliphatic rings. The summed E-state index contributed by atoms with van der Waals surface area (Å²) in [5, 5.41) is 0.943. The van der Waals surface area contributed by atoms with Crippen molar-refractivity contribution in [3.05, 3.63) is 65.9 Å². The van der Waals surface area contributed by atoms with E-state index in [9.17, 15) is 9.18 Å². The first-order valence-corrected chi connectivity index (χ1v) is 9.67. The average Bonchev–Trinajstić information content (AvgIpc) is 3.15.